The van der Waals surface area contributed by atoms with Crippen molar-refractivity contribution in [2.45, 2.75) is 26.3 Å². The molecule has 1 aromatic rings. The maximum absolute atomic E-state index is 5.58. The van der Waals surface area contributed by atoms with Gasteiger partial charge < -0.3 is 16.2 Å². The van der Waals surface area contributed by atoms with Crippen molar-refractivity contribution in [3.05, 3.63) is 29.8 Å². The van der Waals surface area contributed by atoms with Gasteiger partial charge in [0.25, 0.3) is 0 Å². The Labute approximate surface area is 96.3 Å². The van der Waals surface area contributed by atoms with Crippen LogP contribution in [0.2, 0.25) is 0 Å². The summed E-state index contributed by atoms with van der Waals surface area (Å²) in [5.74, 6) is 0.981. The Kier molecular flexibility index (Phi) is 5.19. The first-order chi connectivity index (χ1) is 7.72. The maximum atomic E-state index is 5.58. The molecular formula is C12H19N3O. The van der Waals surface area contributed by atoms with Gasteiger partial charge in [0.2, 0.25) is 0 Å². The molecule has 0 aliphatic heterocycles. The Morgan fingerprint density at radius 1 is 1.38 bits per heavy atom. The van der Waals surface area contributed by atoms with Gasteiger partial charge in [0.15, 0.2) is 5.96 Å². The standard InChI is InChI=1S/C12H19N3O/c1-2-3-7-16-11-6-4-5-10(8-11)9-15-12(13)14/h4-6,8H,2-3,7,9H2,1H3,(H4,13,14,15). The third-order valence-electron chi connectivity index (χ3n) is 2.11. The molecule has 0 saturated heterocycles. The molecule has 0 bridgehead atoms. The van der Waals surface area contributed by atoms with Gasteiger partial charge in [-0.25, -0.2) is 4.99 Å². The van der Waals surface area contributed by atoms with Crippen LogP contribution in [-0.2, 0) is 6.54 Å². The summed E-state index contributed by atoms with van der Waals surface area (Å²) >= 11 is 0. The molecule has 0 aliphatic rings. The van der Waals surface area contributed by atoms with Crippen LogP contribution in [0, 0.1) is 0 Å². The molecule has 0 amide bonds. The Hall–Kier alpha value is -1.71. The van der Waals surface area contributed by atoms with Crippen LogP contribution in [0.5, 0.6) is 5.75 Å². The fraction of sp³-hybridized carbons (Fsp3) is 0.417. The topological polar surface area (TPSA) is 73.6 Å². The van der Waals surface area contributed by atoms with E-state index in [0.717, 1.165) is 30.8 Å². The number of benzene rings is 1. The van der Waals surface area contributed by atoms with Crippen molar-refractivity contribution in [2.24, 2.45) is 16.5 Å². The van der Waals surface area contributed by atoms with Gasteiger partial charge >= 0.3 is 0 Å². The van der Waals surface area contributed by atoms with Crippen molar-refractivity contribution >= 4 is 5.96 Å². The summed E-state index contributed by atoms with van der Waals surface area (Å²) < 4.78 is 5.58. The number of aliphatic imine (C=N–C) groups is 1. The minimum absolute atomic E-state index is 0.109. The minimum Gasteiger partial charge on any atom is -0.494 e. The first-order valence-electron chi connectivity index (χ1n) is 5.49. The van der Waals surface area contributed by atoms with Crippen molar-refractivity contribution in [3.63, 3.8) is 0 Å². The molecule has 0 spiro atoms. The zero-order chi connectivity index (χ0) is 11.8. The van der Waals surface area contributed by atoms with Crippen LogP contribution in [-0.4, -0.2) is 12.6 Å². The maximum Gasteiger partial charge on any atom is 0.186 e. The molecule has 0 saturated carbocycles. The van der Waals surface area contributed by atoms with Gasteiger partial charge in [-0.15, -0.1) is 0 Å². The summed E-state index contributed by atoms with van der Waals surface area (Å²) in [6.07, 6.45) is 2.20. The van der Waals surface area contributed by atoms with Gasteiger partial charge in [0.05, 0.1) is 13.2 Å². The van der Waals surface area contributed by atoms with Crippen LogP contribution < -0.4 is 16.2 Å². The van der Waals surface area contributed by atoms with Crippen molar-refractivity contribution < 1.29 is 4.74 Å². The number of nitrogens with zero attached hydrogens (tertiary/aromatic N) is 1. The summed E-state index contributed by atoms with van der Waals surface area (Å²) in [6.45, 7) is 3.38. The SMILES string of the molecule is CCCCOc1cccc(CN=C(N)N)c1. The highest BCUT2D eigenvalue weighted by atomic mass is 16.5. The molecule has 0 aromatic heterocycles. The van der Waals surface area contributed by atoms with Crippen LogP contribution in [0.3, 0.4) is 0 Å². The van der Waals surface area contributed by atoms with Crippen LogP contribution in [0.4, 0.5) is 0 Å². The van der Waals surface area contributed by atoms with Crippen LogP contribution in [0.15, 0.2) is 29.3 Å². The second kappa shape index (κ2) is 6.71. The summed E-state index contributed by atoms with van der Waals surface area (Å²) in [7, 11) is 0. The molecule has 0 radical (unpaired) electrons. The number of nitrogens with two attached hydrogens (primary N) is 2. The molecule has 4 nitrogen and oxygen atoms in total. The number of guanidine groups is 1. The predicted octanol–water partition coefficient (Wildman–Crippen LogP) is 1.64. The molecular weight excluding hydrogens is 202 g/mol. The average molecular weight is 221 g/mol. The molecule has 0 heterocycles. The third-order valence-corrected chi connectivity index (χ3v) is 2.11. The lowest BCUT2D eigenvalue weighted by molar-refractivity contribution is 0.309. The zero-order valence-electron chi connectivity index (χ0n) is 9.65. The molecule has 0 fully saturated rings. The van der Waals surface area contributed by atoms with Crippen LogP contribution in [0.1, 0.15) is 25.3 Å². The molecule has 0 aliphatic carbocycles. The first-order valence-corrected chi connectivity index (χ1v) is 5.49. The van der Waals surface area contributed by atoms with Gasteiger partial charge in [-0.3, -0.25) is 0 Å². The highest BCUT2D eigenvalue weighted by Gasteiger charge is 1.96. The number of ether oxygens (including phenoxy) is 1. The normalized spacial score (nSPS) is 9.81. The van der Waals surface area contributed by atoms with Crippen molar-refractivity contribution in [2.75, 3.05) is 6.61 Å². The summed E-state index contributed by atoms with van der Waals surface area (Å²) in [6, 6.07) is 7.81. The predicted molar refractivity (Wildman–Crippen MR) is 66.4 cm³/mol. The van der Waals surface area contributed by atoms with E-state index >= 15 is 0 Å². The molecule has 0 atom stereocenters. The minimum atomic E-state index is 0.109. The van der Waals surface area contributed by atoms with E-state index in [1.807, 2.05) is 24.3 Å². The van der Waals surface area contributed by atoms with E-state index < -0.39 is 0 Å². The van der Waals surface area contributed by atoms with Crippen LogP contribution >= 0.6 is 0 Å². The molecule has 1 rings (SSSR count). The lowest BCUT2D eigenvalue weighted by atomic mass is 10.2. The smallest absolute Gasteiger partial charge is 0.186 e. The van der Waals surface area contributed by atoms with Gasteiger partial charge in [-0.2, -0.15) is 0 Å². The lowest BCUT2D eigenvalue weighted by Gasteiger charge is -2.06. The van der Waals surface area contributed by atoms with Gasteiger partial charge in [0, 0.05) is 0 Å². The molecule has 0 unspecified atom stereocenters. The molecule has 4 heteroatoms. The quantitative estimate of drug-likeness (QED) is 0.435. The number of unbranched alkanes of at least 4 members (excludes halogenated alkanes) is 1. The van der Waals surface area contributed by atoms with E-state index in [9.17, 15) is 0 Å². The van der Waals surface area contributed by atoms with E-state index in [4.69, 9.17) is 16.2 Å². The summed E-state index contributed by atoms with van der Waals surface area (Å²) in [5, 5.41) is 0. The second-order valence-corrected chi connectivity index (χ2v) is 3.59. The summed E-state index contributed by atoms with van der Waals surface area (Å²) in [5.41, 5.74) is 11.6. The van der Waals surface area contributed by atoms with Gasteiger partial charge in [-0.05, 0) is 24.1 Å². The molecule has 88 valence electrons. The Morgan fingerprint density at radius 3 is 2.88 bits per heavy atom. The second-order valence-electron chi connectivity index (χ2n) is 3.59. The average Bonchev–Trinajstić information content (AvgIpc) is 2.27. The van der Waals surface area contributed by atoms with Crippen molar-refractivity contribution in [1.29, 1.82) is 0 Å². The number of hydrogen-bond acceptors (Lipinski definition) is 2. The Balaban J connectivity index is 2.53. The molecule has 1 aromatic carbocycles. The van der Waals surface area contributed by atoms with E-state index in [0.29, 0.717) is 6.54 Å². The third kappa shape index (κ3) is 4.68. The van der Waals surface area contributed by atoms with E-state index in [-0.39, 0.29) is 5.96 Å². The van der Waals surface area contributed by atoms with Crippen LogP contribution in [0.25, 0.3) is 0 Å². The molecule has 4 N–H and O–H groups in total. The largest absolute Gasteiger partial charge is 0.494 e. The van der Waals surface area contributed by atoms with E-state index in [1.54, 1.807) is 0 Å². The highest BCUT2D eigenvalue weighted by Crippen LogP contribution is 2.14. The van der Waals surface area contributed by atoms with E-state index in [1.165, 1.54) is 0 Å². The number of rotatable bonds is 6. The highest BCUT2D eigenvalue weighted by molar-refractivity contribution is 5.75. The fourth-order valence-electron chi connectivity index (χ4n) is 1.25. The van der Waals surface area contributed by atoms with Gasteiger partial charge in [0.1, 0.15) is 5.75 Å². The summed E-state index contributed by atoms with van der Waals surface area (Å²) in [4.78, 5) is 3.95. The lowest BCUT2D eigenvalue weighted by Crippen LogP contribution is -2.22. The fourth-order valence-corrected chi connectivity index (χ4v) is 1.25. The van der Waals surface area contributed by atoms with Crippen molar-refractivity contribution in [3.8, 4) is 5.75 Å². The number of hydrogen-bond donors (Lipinski definition) is 2. The Morgan fingerprint density at radius 2 is 2.19 bits per heavy atom. The van der Waals surface area contributed by atoms with Crippen molar-refractivity contribution in [1.82, 2.24) is 0 Å². The first kappa shape index (κ1) is 12.4. The zero-order valence-corrected chi connectivity index (χ0v) is 9.65. The monoisotopic (exact) mass is 221 g/mol. The van der Waals surface area contributed by atoms with Gasteiger partial charge in [-0.1, -0.05) is 25.5 Å². The Bertz CT molecular complexity index is 346. The molecule has 16 heavy (non-hydrogen) atoms. The van der Waals surface area contributed by atoms with E-state index in [2.05, 4.69) is 11.9 Å².